The summed E-state index contributed by atoms with van der Waals surface area (Å²) in [6.07, 6.45) is 2.27. The van der Waals surface area contributed by atoms with Gasteiger partial charge in [0.15, 0.2) is 0 Å². The van der Waals surface area contributed by atoms with Gasteiger partial charge in [-0.3, -0.25) is 9.59 Å². The van der Waals surface area contributed by atoms with E-state index in [-0.39, 0.29) is 35.2 Å². The van der Waals surface area contributed by atoms with Gasteiger partial charge < -0.3 is 10.5 Å². The number of nitrogens with two attached hydrogens (primary N) is 1. The number of amides is 2. The van der Waals surface area contributed by atoms with Gasteiger partial charge in [-0.25, -0.2) is 4.90 Å². The smallest absolute Gasteiger partial charge is 0.237 e. The van der Waals surface area contributed by atoms with Crippen molar-refractivity contribution in [2.24, 2.45) is 17.6 Å². The molecule has 2 bridgehead atoms. The Bertz CT molecular complexity index is 595. The third-order valence-corrected chi connectivity index (χ3v) is 4.17. The van der Waals surface area contributed by atoms with Crippen molar-refractivity contribution < 1.29 is 14.3 Å². The third-order valence-electron chi connectivity index (χ3n) is 4.05. The molecule has 2 atom stereocenters. The van der Waals surface area contributed by atoms with Crippen LogP contribution in [-0.2, 0) is 9.59 Å². The van der Waals surface area contributed by atoms with E-state index in [0.29, 0.717) is 17.9 Å². The molecule has 110 valence electrons. The van der Waals surface area contributed by atoms with Crippen molar-refractivity contribution in [3.8, 4) is 5.75 Å². The second kappa shape index (κ2) is 5.44. The van der Waals surface area contributed by atoms with E-state index in [1.807, 2.05) is 0 Å². The van der Waals surface area contributed by atoms with Crippen LogP contribution in [0.2, 0.25) is 0 Å². The van der Waals surface area contributed by atoms with E-state index >= 15 is 0 Å². The topological polar surface area (TPSA) is 72.6 Å². The van der Waals surface area contributed by atoms with Crippen LogP contribution in [0, 0.1) is 11.8 Å². The van der Waals surface area contributed by atoms with E-state index in [4.69, 9.17) is 22.7 Å². The van der Waals surface area contributed by atoms with E-state index in [1.54, 1.807) is 24.3 Å². The number of carbonyl (C=O) groups excluding carboxylic acids is 2. The molecule has 2 aliphatic rings. The normalized spacial score (nSPS) is 24.3. The molecule has 1 aliphatic heterocycles. The number of hydrogen-bond donors (Lipinski definition) is 1. The van der Waals surface area contributed by atoms with E-state index in [2.05, 4.69) is 0 Å². The van der Waals surface area contributed by atoms with E-state index in [9.17, 15) is 9.59 Å². The maximum Gasteiger partial charge on any atom is 0.237 e. The highest BCUT2D eigenvalue weighted by Gasteiger charge is 2.46. The fourth-order valence-electron chi connectivity index (χ4n) is 3.05. The molecule has 1 saturated heterocycles. The number of nitrogens with zero attached hydrogens (tertiary/aromatic N) is 1. The molecule has 0 spiro atoms. The van der Waals surface area contributed by atoms with Gasteiger partial charge in [0.2, 0.25) is 11.8 Å². The second-order valence-corrected chi connectivity index (χ2v) is 5.97. The standard InChI is InChI=1S/C15H16N2O3S/c16-13(21)8-20-12-4-2-1-3-11(12)17-14(18)9-5-6-10(7-9)15(17)19/h1-4,9-10H,5-8H2,(H2,16,21). The monoisotopic (exact) mass is 304 g/mol. The summed E-state index contributed by atoms with van der Waals surface area (Å²) in [5, 5.41) is 0. The predicted octanol–water partition coefficient (Wildman–Crippen LogP) is 1.64. The number of thiocarbonyl (C=S) groups is 1. The van der Waals surface area contributed by atoms with Gasteiger partial charge in [0.1, 0.15) is 17.3 Å². The second-order valence-electron chi connectivity index (χ2n) is 5.44. The highest BCUT2D eigenvalue weighted by molar-refractivity contribution is 7.80. The van der Waals surface area contributed by atoms with Crippen LogP contribution in [0.15, 0.2) is 24.3 Å². The molecule has 1 saturated carbocycles. The number of para-hydroxylation sites is 2. The fraction of sp³-hybridized carbons (Fsp3) is 0.400. The summed E-state index contributed by atoms with van der Waals surface area (Å²) in [6.45, 7) is 0.0788. The van der Waals surface area contributed by atoms with Crippen molar-refractivity contribution >= 4 is 34.7 Å². The first-order chi connectivity index (χ1) is 10.1. The average Bonchev–Trinajstić information content (AvgIpc) is 2.91. The van der Waals surface area contributed by atoms with Gasteiger partial charge in [0.25, 0.3) is 0 Å². The number of hydrogen-bond acceptors (Lipinski definition) is 4. The summed E-state index contributed by atoms with van der Waals surface area (Å²) < 4.78 is 5.53. The first-order valence-electron chi connectivity index (χ1n) is 6.96. The SMILES string of the molecule is NC(=S)COc1ccccc1N1C(=O)C2CCC(C2)C1=O. The summed E-state index contributed by atoms with van der Waals surface area (Å²) >= 11 is 4.79. The number of anilines is 1. The van der Waals surface area contributed by atoms with Gasteiger partial charge in [-0.05, 0) is 31.4 Å². The first kappa shape index (κ1) is 14.0. The molecule has 2 fully saturated rings. The van der Waals surface area contributed by atoms with Crippen LogP contribution in [0.5, 0.6) is 5.75 Å². The number of imide groups is 1. The Labute approximate surface area is 128 Å². The summed E-state index contributed by atoms with van der Waals surface area (Å²) in [5.74, 6) is 0.112. The lowest BCUT2D eigenvalue weighted by Crippen LogP contribution is -2.46. The Kier molecular flexibility index (Phi) is 3.63. The molecular formula is C15H16N2O3S. The lowest BCUT2D eigenvalue weighted by molar-refractivity contribution is -0.133. The van der Waals surface area contributed by atoms with Crippen LogP contribution < -0.4 is 15.4 Å². The highest BCUT2D eigenvalue weighted by atomic mass is 32.1. The molecule has 21 heavy (non-hydrogen) atoms. The number of benzene rings is 1. The largest absolute Gasteiger partial charge is 0.484 e. The lowest BCUT2D eigenvalue weighted by Gasteiger charge is -2.30. The first-order valence-corrected chi connectivity index (χ1v) is 7.36. The van der Waals surface area contributed by atoms with Gasteiger partial charge in [0, 0.05) is 11.8 Å². The van der Waals surface area contributed by atoms with Crippen molar-refractivity contribution in [2.45, 2.75) is 19.3 Å². The van der Waals surface area contributed by atoms with Crippen LogP contribution >= 0.6 is 12.2 Å². The molecule has 5 nitrogen and oxygen atoms in total. The molecule has 0 aromatic heterocycles. The molecule has 1 heterocycles. The maximum atomic E-state index is 12.5. The summed E-state index contributed by atoms with van der Waals surface area (Å²) in [5.41, 5.74) is 5.92. The van der Waals surface area contributed by atoms with Crippen LogP contribution in [0.25, 0.3) is 0 Å². The lowest BCUT2D eigenvalue weighted by atomic mass is 9.96. The van der Waals surface area contributed by atoms with E-state index in [1.165, 1.54) is 4.90 Å². The maximum absolute atomic E-state index is 12.5. The zero-order chi connectivity index (χ0) is 15.0. The van der Waals surface area contributed by atoms with Crippen LogP contribution in [0.1, 0.15) is 19.3 Å². The summed E-state index contributed by atoms with van der Waals surface area (Å²) in [7, 11) is 0. The third kappa shape index (κ3) is 2.51. The predicted molar refractivity (Wildman–Crippen MR) is 82.0 cm³/mol. The quantitative estimate of drug-likeness (QED) is 0.676. The van der Waals surface area contributed by atoms with E-state index in [0.717, 1.165) is 12.8 Å². The number of rotatable bonds is 4. The van der Waals surface area contributed by atoms with Gasteiger partial charge in [-0.15, -0.1) is 0 Å². The van der Waals surface area contributed by atoms with Gasteiger partial charge in [-0.1, -0.05) is 24.4 Å². The molecule has 1 aliphatic carbocycles. The zero-order valence-electron chi connectivity index (χ0n) is 11.5. The molecule has 2 N–H and O–H groups in total. The summed E-state index contributed by atoms with van der Waals surface area (Å²) in [4.78, 5) is 26.5. The van der Waals surface area contributed by atoms with E-state index < -0.39 is 0 Å². The molecule has 2 amide bonds. The molecule has 2 unspecified atom stereocenters. The highest BCUT2D eigenvalue weighted by Crippen LogP contribution is 2.42. The minimum Gasteiger partial charge on any atom is -0.484 e. The minimum absolute atomic E-state index is 0.0451. The number of carbonyl (C=O) groups is 2. The fourth-order valence-corrected chi connectivity index (χ4v) is 3.11. The van der Waals surface area contributed by atoms with Crippen LogP contribution in [0.4, 0.5) is 5.69 Å². The van der Waals surface area contributed by atoms with Crippen molar-refractivity contribution in [3.63, 3.8) is 0 Å². The molecule has 1 aromatic rings. The van der Waals surface area contributed by atoms with Crippen molar-refractivity contribution in [1.82, 2.24) is 0 Å². The van der Waals surface area contributed by atoms with Crippen molar-refractivity contribution in [3.05, 3.63) is 24.3 Å². The van der Waals surface area contributed by atoms with Crippen LogP contribution in [0.3, 0.4) is 0 Å². The van der Waals surface area contributed by atoms with Crippen molar-refractivity contribution in [2.75, 3.05) is 11.5 Å². The van der Waals surface area contributed by atoms with Gasteiger partial charge >= 0.3 is 0 Å². The Hall–Kier alpha value is -1.95. The molecule has 0 radical (unpaired) electrons. The average molecular weight is 304 g/mol. The molecule has 3 rings (SSSR count). The van der Waals surface area contributed by atoms with Crippen molar-refractivity contribution in [1.29, 1.82) is 0 Å². The molecule has 1 aromatic carbocycles. The minimum atomic E-state index is -0.125. The molecule has 6 heteroatoms. The Morgan fingerprint density at radius 1 is 1.24 bits per heavy atom. The Morgan fingerprint density at radius 3 is 2.48 bits per heavy atom. The Balaban J connectivity index is 1.94. The van der Waals surface area contributed by atoms with Gasteiger partial charge in [-0.2, -0.15) is 0 Å². The summed E-state index contributed by atoms with van der Waals surface area (Å²) in [6, 6.07) is 6.99. The zero-order valence-corrected chi connectivity index (χ0v) is 12.3. The number of ether oxygens (including phenoxy) is 1. The number of fused-ring (bicyclic) bond motifs is 2. The van der Waals surface area contributed by atoms with Gasteiger partial charge in [0.05, 0.1) is 5.69 Å². The number of piperidine rings is 1. The molecular weight excluding hydrogens is 288 g/mol. The Morgan fingerprint density at radius 2 is 1.86 bits per heavy atom. The van der Waals surface area contributed by atoms with Crippen LogP contribution in [-0.4, -0.2) is 23.4 Å².